The first-order valence-corrected chi connectivity index (χ1v) is 4.95. The predicted octanol–water partition coefficient (Wildman–Crippen LogP) is 3.77. The number of nitrogens with one attached hydrogen (secondary N) is 1. The number of Topliss-reactive ketones (excluding diaryl/α,β-unsaturated/α-hetero) is 1. The van der Waals surface area contributed by atoms with E-state index in [0.29, 0.717) is 0 Å². The molecule has 0 saturated carbocycles. The third-order valence-electron chi connectivity index (χ3n) is 2.60. The second kappa shape index (κ2) is 4.21. The number of carbonyl (C=O) groups excluding carboxylic acids is 1. The van der Waals surface area contributed by atoms with Crippen molar-refractivity contribution in [3.05, 3.63) is 22.5 Å². The van der Waals surface area contributed by atoms with Gasteiger partial charge < -0.3 is 4.98 Å². The Morgan fingerprint density at radius 3 is 1.93 bits per heavy atom. The molecule has 0 amide bonds. The Morgan fingerprint density at radius 2 is 1.67 bits per heavy atom. The van der Waals surface area contributed by atoms with Crippen LogP contribution < -0.4 is 0 Å². The third-order valence-corrected chi connectivity index (χ3v) is 2.60. The zero-order valence-electron chi connectivity index (χ0n) is 9.91. The molecule has 0 spiro atoms. The summed E-state index contributed by atoms with van der Waals surface area (Å²) in [5.41, 5.74) is 4.11. The van der Waals surface area contributed by atoms with E-state index in [1.807, 2.05) is 13.8 Å². The maximum Gasteiger partial charge on any atom is 0.161 e. The molecule has 2 heteroatoms. The number of carbonyl (C=O) groups is 1. The first-order chi connectivity index (χ1) is 6.25. The van der Waals surface area contributed by atoms with Gasteiger partial charge in [0.2, 0.25) is 0 Å². The predicted molar refractivity (Wildman–Crippen MR) is 65.7 cm³/mol. The minimum atomic E-state index is 0. The van der Waals surface area contributed by atoms with Crippen LogP contribution in [-0.4, -0.2) is 10.8 Å². The summed E-state index contributed by atoms with van der Waals surface area (Å²) in [6.45, 7) is 12.0. The van der Waals surface area contributed by atoms with E-state index >= 15 is 0 Å². The Hall–Kier alpha value is -1.05. The monoisotopic (exact) mass is 209 g/mol. The fourth-order valence-corrected chi connectivity index (χ4v) is 1.72. The van der Waals surface area contributed by atoms with Crippen LogP contribution in [-0.2, 0) is 5.41 Å². The van der Waals surface area contributed by atoms with Gasteiger partial charge in [-0.1, -0.05) is 28.2 Å². The van der Waals surface area contributed by atoms with Gasteiger partial charge >= 0.3 is 0 Å². The molecule has 0 radical (unpaired) electrons. The van der Waals surface area contributed by atoms with Crippen molar-refractivity contribution in [2.24, 2.45) is 0 Å². The standard InChI is InChI=1S/C12H19NO.CH4/c1-7-8(2)13-11(12(4,5)6)10(7)9(3)14;/h13H,1-6H3;1H4. The van der Waals surface area contributed by atoms with Crippen LogP contribution in [0.2, 0.25) is 0 Å². The highest BCUT2D eigenvalue weighted by Crippen LogP contribution is 2.29. The Kier molecular flexibility index (Phi) is 3.92. The van der Waals surface area contributed by atoms with Crippen molar-refractivity contribution in [3.63, 3.8) is 0 Å². The molecular weight excluding hydrogens is 186 g/mol. The van der Waals surface area contributed by atoms with E-state index < -0.39 is 0 Å². The van der Waals surface area contributed by atoms with Gasteiger partial charge in [0.05, 0.1) is 0 Å². The molecule has 1 N–H and O–H groups in total. The molecule has 0 fully saturated rings. The molecule has 1 rings (SSSR count). The molecule has 0 aliphatic carbocycles. The van der Waals surface area contributed by atoms with E-state index in [4.69, 9.17) is 0 Å². The summed E-state index contributed by atoms with van der Waals surface area (Å²) in [4.78, 5) is 14.8. The third kappa shape index (κ3) is 2.49. The molecule has 86 valence electrons. The Labute approximate surface area is 93.1 Å². The number of hydrogen-bond acceptors (Lipinski definition) is 1. The zero-order chi connectivity index (χ0) is 11.1. The Balaban J connectivity index is 0.00000196. The number of aryl methyl sites for hydroxylation is 1. The van der Waals surface area contributed by atoms with Crippen molar-refractivity contribution < 1.29 is 4.79 Å². The van der Waals surface area contributed by atoms with Gasteiger partial charge in [-0.3, -0.25) is 4.79 Å². The van der Waals surface area contributed by atoms with Crippen LogP contribution in [0.5, 0.6) is 0 Å². The summed E-state index contributed by atoms with van der Waals surface area (Å²) >= 11 is 0. The van der Waals surface area contributed by atoms with Gasteiger partial charge in [0, 0.05) is 22.4 Å². The van der Waals surface area contributed by atoms with Crippen molar-refractivity contribution in [1.29, 1.82) is 0 Å². The lowest BCUT2D eigenvalue weighted by Gasteiger charge is -2.18. The first kappa shape index (κ1) is 13.9. The van der Waals surface area contributed by atoms with Crippen LogP contribution in [0.25, 0.3) is 0 Å². The van der Waals surface area contributed by atoms with Gasteiger partial charge in [-0.15, -0.1) is 0 Å². The Morgan fingerprint density at radius 1 is 1.20 bits per heavy atom. The Bertz CT molecular complexity index is 367. The van der Waals surface area contributed by atoms with E-state index in [2.05, 4.69) is 25.8 Å². The number of hydrogen-bond donors (Lipinski definition) is 1. The quantitative estimate of drug-likeness (QED) is 0.702. The van der Waals surface area contributed by atoms with Gasteiger partial charge in [0.25, 0.3) is 0 Å². The summed E-state index contributed by atoms with van der Waals surface area (Å²) in [5, 5.41) is 0. The molecule has 1 aromatic rings. The van der Waals surface area contributed by atoms with Crippen LogP contribution in [0.3, 0.4) is 0 Å². The smallest absolute Gasteiger partial charge is 0.161 e. The lowest BCUT2D eigenvalue weighted by molar-refractivity contribution is 0.101. The van der Waals surface area contributed by atoms with Crippen molar-refractivity contribution in [1.82, 2.24) is 4.98 Å². The molecule has 15 heavy (non-hydrogen) atoms. The molecule has 0 unspecified atom stereocenters. The molecule has 0 saturated heterocycles. The second-order valence-corrected chi connectivity index (χ2v) is 4.93. The minimum Gasteiger partial charge on any atom is -0.361 e. The molecule has 0 atom stereocenters. The number of aromatic nitrogens is 1. The van der Waals surface area contributed by atoms with Gasteiger partial charge in [0.1, 0.15) is 0 Å². The molecular formula is C13H23NO. The molecule has 1 aromatic heterocycles. The SMILES string of the molecule is C.CC(=O)c1c(C(C)(C)C)[nH]c(C)c1C. The fourth-order valence-electron chi connectivity index (χ4n) is 1.72. The highest BCUT2D eigenvalue weighted by Gasteiger charge is 2.24. The van der Waals surface area contributed by atoms with Crippen LogP contribution in [0, 0.1) is 13.8 Å². The van der Waals surface area contributed by atoms with E-state index in [1.54, 1.807) is 6.92 Å². The number of H-pyrrole nitrogens is 1. The number of aromatic amines is 1. The van der Waals surface area contributed by atoms with E-state index in [9.17, 15) is 4.79 Å². The maximum absolute atomic E-state index is 11.5. The zero-order valence-corrected chi connectivity index (χ0v) is 9.91. The average molecular weight is 209 g/mol. The molecule has 0 aliphatic heterocycles. The molecule has 0 aromatic carbocycles. The summed E-state index contributed by atoms with van der Waals surface area (Å²) < 4.78 is 0. The highest BCUT2D eigenvalue weighted by atomic mass is 16.1. The summed E-state index contributed by atoms with van der Waals surface area (Å²) in [6.07, 6.45) is 0. The van der Waals surface area contributed by atoms with Crippen molar-refractivity contribution in [3.8, 4) is 0 Å². The normalized spacial score (nSPS) is 11.1. The van der Waals surface area contributed by atoms with E-state index in [-0.39, 0.29) is 18.6 Å². The maximum atomic E-state index is 11.5. The van der Waals surface area contributed by atoms with E-state index in [0.717, 1.165) is 22.5 Å². The summed E-state index contributed by atoms with van der Waals surface area (Å²) in [5.74, 6) is 0.150. The summed E-state index contributed by atoms with van der Waals surface area (Å²) in [6, 6.07) is 0. The molecule has 0 aliphatic rings. The minimum absolute atomic E-state index is 0. The van der Waals surface area contributed by atoms with Crippen LogP contribution in [0.4, 0.5) is 0 Å². The number of rotatable bonds is 1. The van der Waals surface area contributed by atoms with Crippen molar-refractivity contribution >= 4 is 5.78 Å². The first-order valence-electron chi connectivity index (χ1n) is 4.95. The molecule has 1 heterocycles. The van der Waals surface area contributed by atoms with Crippen molar-refractivity contribution in [2.45, 2.75) is 54.4 Å². The molecule has 0 bridgehead atoms. The second-order valence-electron chi connectivity index (χ2n) is 4.93. The summed E-state index contributed by atoms with van der Waals surface area (Å²) in [7, 11) is 0. The topological polar surface area (TPSA) is 32.9 Å². The lowest BCUT2D eigenvalue weighted by atomic mass is 9.87. The van der Waals surface area contributed by atoms with Gasteiger partial charge in [-0.2, -0.15) is 0 Å². The van der Waals surface area contributed by atoms with Crippen molar-refractivity contribution in [2.75, 3.05) is 0 Å². The van der Waals surface area contributed by atoms with Gasteiger partial charge in [-0.05, 0) is 26.3 Å². The average Bonchev–Trinajstić information content (AvgIpc) is 2.27. The fraction of sp³-hybridized carbons (Fsp3) is 0.615. The van der Waals surface area contributed by atoms with E-state index in [1.165, 1.54) is 0 Å². The van der Waals surface area contributed by atoms with Crippen LogP contribution in [0.1, 0.15) is 62.4 Å². The van der Waals surface area contributed by atoms with Gasteiger partial charge in [-0.25, -0.2) is 0 Å². The van der Waals surface area contributed by atoms with Gasteiger partial charge in [0.15, 0.2) is 5.78 Å². The molecule has 2 nitrogen and oxygen atoms in total. The number of ketones is 1. The van der Waals surface area contributed by atoms with Crippen LogP contribution >= 0.6 is 0 Å². The largest absolute Gasteiger partial charge is 0.361 e. The van der Waals surface area contributed by atoms with Crippen LogP contribution in [0.15, 0.2) is 0 Å². The lowest BCUT2D eigenvalue weighted by Crippen LogP contribution is -2.16. The highest BCUT2D eigenvalue weighted by molar-refractivity contribution is 5.97.